The number of carboxylic acids is 1. The third-order valence-electron chi connectivity index (χ3n) is 1.80. The Balaban J connectivity index is 2.56. The zero-order valence-electron chi connectivity index (χ0n) is 8.48. The van der Waals surface area contributed by atoms with Crippen LogP contribution in [0.3, 0.4) is 0 Å². The number of carboxylic acid groups (broad SMARTS) is 1. The van der Waals surface area contributed by atoms with E-state index in [4.69, 9.17) is 5.11 Å². The van der Waals surface area contributed by atoms with Gasteiger partial charge in [-0.1, -0.05) is 17.7 Å². The van der Waals surface area contributed by atoms with Gasteiger partial charge in [0.1, 0.15) is 0 Å². The highest BCUT2D eigenvalue weighted by Crippen LogP contribution is 2.01. The van der Waals surface area contributed by atoms with Crippen molar-refractivity contribution in [3.8, 4) is 0 Å². The summed E-state index contributed by atoms with van der Waals surface area (Å²) in [7, 11) is 0. The van der Waals surface area contributed by atoms with Gasteiger partial charge in [-0.05, 0) is 19.1 Å². The lowest BCUT2D eigenvalue weighted by atomic mass is 10.1. The summed E-state index contributed by atoms with van der Waals surface area (Å²) in [6, 6.07) is 6.59. The van der Waals surface area contributed by atoms with E-state index in [1.165, 1.54) is 0 Å². The molecule has 0 fully saturated rings. The molecular formula is C10H10N2O4. The summed E-state index contributed by atoms with van der Waals surface area (Å²) in [4.78, 5) is 32.1. The van der Waals surface area contributed by atoms with Crippen LogP contribution in [-0.4, -0.2) is 22.9 Å². The van der Waals surface area contributed by atoms with Gasteiger partial charge >= 0.3 is 11.9 Å². The second kappa shape index (κ2) is 4.92. The molecule has 2 amide bonds. The Morgan fingerprint density at radius 3 is 2.12 bits per heavy atom. The van der Waals surface area contributed by atoms with Crippen LogP contribution in [0.1, 0.15) is 15.9 Å². The van der Waals surface area contributed by atoms with Crippen molar-refractivity contribution < 1.29 is 19.5 Å². The molecule has 0 saturated carbocycles. The van der Waals surface area contributed by atoms with E-state index >= 15 is 0 Å². The van der Waals surface area contributed by atoms with Crippen molar-refractivity contribution in [1.29, 1.82) is 0 Å². The Labute approximate surface area is 91.2 Å². The third-order valence-corrected chi connectivity index (χ3v) is 1.80. The summed E-state index contributed by atoms with van der Waals surface area (Å²) < 4.78 is 0. The molecule has 0 bridgehead atoms. The standard InChI is InChI=1S/C10H10N2O4/c1-6-2-4-7(5-3-6)8(13)11-12-9(14)10(15)16/h2-5H,1H3,(H,11,13)(H,12,14)(H,15,16). The maximum Gasteiger partial charge on any atom is 0.396 e. The zero-order chi connectivity index (χ0) is 12.1. The molecule has 1 aromatic carbocycles. The van der Waals surface area contributed by atoms with Crippen molar-refractivity contribution in [2.45, 2.75) is 6.92 Å². The van der Waals surface area contributed by atoms with Crippen LogP contribution in [0.25, 0.3) is 0 Å². The lowest BCUT2D eigenvalue weighted by molar-refractivity contribution is -0.150. The van der Waals surface area contributed by atoms with Crippen molar-refractivity contribution in [1.82, 2.24) is 10.9 Å². The first-order chi connectivity index (χ1) is 7.50. The van der Waals surface area contributed by atoms with Crippen LogP contribution in [0.4, 0.5) is 0 Å². The van der Waals surface area contributed by atoms with Crippen molar-refractivity contribution >= 4 is 17.8 Å². The zero-order valence-corrected chi connectivity index (χ0v) is 8.48. The molecular weight excluding hydrogens is 212 g/mol. The molecule has 1 rings (SSSR count). The van der Waals surface area contributed by atoms with Gasteiger partial charge in [0.05, 0.1) is 0 Å². The van der Waals surface area contributed by atoms with Crippen LogP contribution >= 0.6 is 0 Å². The van der Waals surface area contributed by atoms with Gasteiger partial charge in [-0.15, -0.1) is 0 Å². The molecule has 1 aromatic rings. The first-order valence-corrected chi connectivity index (χ1v) is 4.41. The molecule has 0 aliphatic carbocycles. The highest BCUT2D eigenvalue weighted by atomic mass is 16.4. The fourth-order valence-corrected chi connectivity index (χ4v) is 0.944. The van der Waals surface area contributed by atoms with Gasteiger partial charge in [0.25, 0.3) is 5.91 Å². The predicted molar refractivity (Wildman–Crippen MR) is 54.4 cm³/mol. The minimum Gasteiger partial charge on any atom is -0.474 e. The van der Waals surface area contributed by atoms with Gasteiger partial charge in [0.2, 0.25) is 0 Å². The number of nitrogens with one attached hydrogen (secondary N) is 2. The molecule has 6 nitrogen and oxygen atoms in total. The first kappa shape index (κ1) is 11.7. The quantitative estimate of drug-likeness (QED) is 0.454. The van der Waals surface area contributed by atoms with Crippen LogP contribution in [0.15, 0.2) is 24.3 Å². The van der Waals surface area contributed by atoms with E-state index in [0.717, 1.165) is 5.56 Å². The second-order valence-electron chi connectivity index (χ2n) is 3.08. The fourth-order valence-electron chi connectivity index (χ4n) is 0.944. The summed E-state index contributed by atoms with van der Waals surface area (Å²) >= 11 is 0. The van der Waals surface area contributed by atoms with Crippen LogP contribution in [-0.2, 0) is 9.59 Å². The Kier molecular flexibility index (Phi) is 3.60. The van der Waals surface area contributed by atoms with Gasteiger partial charge in [0.15, 0.2) is 0 Å². The van der Waals surface area contributed by atoms with Crippen molar-refractivity contribution in [2.24, 2.45) is 0 Å². The number of rotatable bonds is 1. The maximum absolute atomic E-state index is 11.4. The molecule has 84 valence electrons. The summed E-state index contributed by atoms with van der Waals surface area (Å²) in [6.45, 7) is 1.87. The number of aryl methyl sites for hydroxylation is 1. The lowest BCUT2D eigenvalue weighted by Gasteiger charge is -2.04. The fraction of sp³-hybridized carbons (Fsp3) is 0.100. The number of benzene rings is 1. The lowest BCUT2D eigenvalue weighted by Crippen LogP contribution is -2.44. The summed E-state index contributed by atoms with van der Waals surface area (Å²) in [5.41, 5.74) is 5.06. The minimum atomic E-state index is -1.66. The van der Waals surface area contributed by atoms with E-state index < -0.39 is 17.8 Å². The third kappa shape index (κ3) is 3.09. The molecule has 0 radical (unpaired) electrons. The summed E-state index contributed by atoms with van der Waals surface area (Å²) in [5.74, 6) is -3.53. The van der Waals surface area contributed by atoms with Crippen molar-refractivity contribution in [2.75, 3.05) is 0 Å². The maximum atomic E-state index is 11.4. The SMILES string of the molecule is Cc1ccc(C(=O)NNC(=O)C(=O)O)cc1. The summed E-state index contributed by atoms with van der Waals surface area (Å²) in [5, 5.41) is 8.24. The van der Waals surface area contributed by atoms with Gasteiger partial charge in [-0.3, -0.25) is 20.4 Å². The molecule has 0 aliphatic heterocycles. The van der Waals surface area contributed by atoms with Crippen molar-refractivity contribution in [3.63, 3.8) is 0 Å². The molecule has 6 heteroatoms. The van der Waals surface area contributed by atoms with Gasteiger partial charge < -0.3 is 5.11 Å². The number of hydrazine groups is 1. The van der Waals surface area contributed by atoms with E-state index in [2.05, 4.69) is 0 Å². The summed E-state index contributed by atoms with van der Waals surface area (Å²) in [6.07, 6.45) is 0. The Morgan fingerprint density at radius 1 is 1.06 bits per heavy atom. The molecule has 0 atom stereocenters. The number of carbonyl (C=O) groups excluding carboxylic acids is 2. The Hall–Kier alpha value is -2.37. The molecule has 0 heterocycles. The van der Waals surface area contributed by atoms with Gasteiger partial charge in [-0.2, -0.15) is 0 Å². The monoisotopic (exact) mass is 222 g/mol. The highest BCUT2D eigenvalue weighted by molar-refractivity contribution is 6.31. The number of aliphatic carboxylic acids is 1. The molecule has 0 saturated heterocycles. The number of hydrogen-bond donors (Lipinski definition) is 3. The number of carbonyl (C=O) groups is 3. The van der Waals surface area contributed by atoms with E-state index in [0.29, 0.717) is 5.56 Å². The predicted octanol–water partition coefficient (Wildman–Crippen LogP) is -0.159. The second-order valence-corrected chi connectivity index (χ2v) is 3.08. The average molecular weight is 222 g/mol. The smallest absolute Gasteiger partial charge is 0.396 e. The highest BCUT2D eigenvalue weighted by Gasteiger charge is 2.12. The molecule has 0 aliphatic rings. The molecule has 16 heavy (non-hydrogen) atoms. The Morgan fingerprint density at radius 2 is 1.62 bits per heavy atom. The van der Waals surface area contributed by atoms with E-state index in [1.807, 2.05) is 12.3 Å². The van der Waals surface area contributed by atoms with E-state index in [9.17, 15) is 14.4 Å². The normalized spacial score (nSPS) is 9.31. The van der Waals surface area contributed by atoms with Gasteiger partial charge in [-0.25, -0.2) is 4.79 Å². The van der Waals surface area contributed by atoms with E-state index in [-0.39, 0.29) is 0 Å². The molecule has 0 unspecified atom stereocenters. The largest absolute Gasteiger partial charge is 0.474 e. The average Bonchev–Trinajstić information content (AvgIpc) is 2.26. The molecule has 3 N–H and O–H groups in total. The first-order valence-electron chi connectivity index (χ1n) is 4.41. The number of amides is 2. The molecule has 0 aromatic heterocycles. The van der Waals surface area contributed by atoms with Crippen molar-refractivity contribution in [3.05, 3.63) is 35.4 Å². The van der Waals surface area contributed by atoms with Crippen LogP contribution < -0.4 is 10.9 Å². The minimum absolute atomic E-state index is 0.330. The van der Waals surface area contributed by atoms with Gasteiger partial charge in [0, 0.05) is 5.56 Å². The molecule has 0 spiro atoms. The van der Waals surface area contributed by atoms with E-state index in [1.54, 1.807) is 29.7 Å². The van der Waals surface area contributed by atoms with Crippen LogP contribution in [0, 0.1) is 6.92 Å². The van der Waals surface area contributed by atoms with Crippen LogP contribution in [0.5, 0.6) is 0 Å². The number of hydrogen-bond acceptors (Lipinski definition) is 3. The topological polar surface area (TPSA) is 95.5 Å². The van der Waals surface area contributed by atoms with Crippen LogP contribution in [0.2, 0.25) is 0 Å². The Bertz CT molecular complexity index is 425.